The van der Waals surface area contributed by atoms with Gasteiger partial charge in [-0.25, -0.2) is 0 Å². The average Bonchev–Trinajstić information content (AvgIpc) is 3.00. The van der Waals surface area contributed by atoms with E-state index in [1.165, 1.54) is 6.26 Å². The van der Waals surface area contributed by atoms with Crippen LogP contribution in [0.2, 0.25) is 0 Å². The molecule has 0 radical (unpaired) electrons. The van der Waals surface area contributed by atoms with Crippen LogP contribution in [0.15, 0.2) is 21.8 Å². The number of guanidine groups is 1. The summed E-state index contributed by atoms with van der Waals surface area (Å²) in [5.74, 6) is -1.07. The first-order valence-corrected chi connectivity index (χ1v) is 7.79. The van der Waals surface area contributed by atoms with Gasteiger partial charge in [0, 0.05) is 26.7 Å². The summed E-state index contributed by atoms with van der Waals surface area (Å²) in [6, 6.07) is 1.74. The molecule has 1 saturated carbocycles. The molecule has 9 heteroatoms. The molecule has 138 valence electrons. The second-order valence-electron chi connectivity index (χ2n) is 5.97. The monoisotopic (exact) mass is 460 g/mol. The van der Waals surface area contributed by atoms with Crippen molar-refractivity contribution in [1.29, 1.82) is 0 Å². The molecule has 24 heavy (non-hydrogen) atoms. The summed E-state index contributed by atoms with van der Waals surface area (Å²) in [5, 5.41) is 6.89. The molecule has 1 aromatic heterocycles. The van der Waals surface area contributed by atoms with E-state index in [4.69, 9.17) is 4.52 Å². The molecule has 5 nitrogen and oxygen atoms in total. The zero-order valence-electron chi connectivity index (χ0n) is 13.8. The fraction of sp³-hybridized carbons (Fsp3) is 0.733. The molecule has 2 rings (SSSR count). The molecule has 0 saturated heterocycles. The first-order chi connectivity index (χ1) is 10.9. The SMILES string of the molecule is CN=C(NCC1CCCCC1C(F)(F)F)N(C)Cc1ccon1.I. The lowest BCUT2D eigenvalue weighted by molar-refractivity contribution is -0.195. The van der Waals surface area contributed by atoms with Crippen molar-refractivity contribution in [3.05, 3.63) is 18.0 Å². The van der Waals surface area contributed by atoms with Crippen LogP contribution >= 0.6 is 24.0 Å². The molecule has 0 amide bonds. The predicted octanol–water partition coefficient (Wildman–Crippen LogP) is 3.67. The standard InChI is InChI=1S/C15H23F3N4O.HI/c1-19-14(22(2)10-12-7-8-23-21-12)20-9-11-5-3-4-6-13(11)15(16,17)18;/h7-8,11,13H,3-6,9-10H2,1-2H3,(H,19,20);1H. The van der Waals surface area contributed by atoms with E-state index in [0.29, 0.717) is 25.3 Å². The Kier molecular flexibility index (Phi) is 8.31. The van der Waals surface area contributed by atoms with Crippen molar-refractivity contribution in [2.75, 3.05) is 20.6 Å². The van der Waals surface area contributed by atoms with E-state index < -0.39 is 18.0 Å². The van der Waals surface area contributed by atoms with Gasteiger partial charge in [0.1, 0.15) is 12.0 Å². The Morgan fingerprint density at radius 3 is 2.71 bits per heavy atom. The third kappa shape index (κ3) is 5.82. The molecule has 2 atom stereocenters. The molecule has 0 aromatic carbocycles. The van der Waals surface area contributed by atoms with Crippen molar-refractivity contribution in [2.24, 2.45) is 16.8 Å². The molecule has 1 aliphatic carbocycles. The quantitative estimate of drug-likeness (QED) is 0.424. The van der Waals surface area contributed by atoms with Crippen molar-refractivity contribution in [3.63, 3.8) is 0 Å². The van der Waals surface area contributed by atoms with Gasteiger partial charge >= 0.3 is 6.18 Å². The Morgan fingerprint density at radius 2 is 2.12 bits per heavy atom. The third-order valence-corrected chi connectivity index (χ3v) is 4.32. The zero-order chi connectivity index (χ0) is 16.9. The highest BCUT2D eigenvalue weighted by Crippen LogP contribution is 2.41. The van der Waals surface area contributed by atoms with Gasteiger partial charge in [0.05, 0.1) is 12.5 Å². The maximum Gasteiger partial charge on any atom is 0.392 e. The molecular weight excluding hydrogens is 436 g/mol. The molecule has 2 unspecified atom stereocenters. The Hall–Kier alpha value is -1.00. The van der Waals surface area contributed by atoms with Crippen LogP contribution in [0.4, 0.5) is 13.2 Å². The van der Waals surface area contributed by atoms with Crippen molar-refractivity contribution < 1.29 is 17.7 Å². The third-order valence-electron chi connectivity index (χ3n) is 4.32. The number of nitrogens with one attached hydrogen (secondary N) is 1. The number of halogens is 4. The highest BCUT2D eigenvalue weighted by atomic mass is 127. The molecule has 0 aliphatic heterocycles. The first-order valence-electron chi connectivity index (χ1n) is 7.79. The van der Waals surface area contributed by atoms with Crippen LogP contribution in [0.5, 0.6) is 0 Å². The number of aliphatic imine (C=N–C) groups is 1. The number of hydrogen-bond donors (Lipinski definition) is 1. The predicted molar refractivity (Wildman–Crippen MR) is 96.2 cm³/mol. The number of aromatic nitrogens is 1. The normalized spacial score (nSPS) is 22.0. The van der Waals surface area contributed by atoms with Crippen LogP contribution < -0.4 is 5.32 Å². The average molecular weight is 460 g/mol. The van der Waals surface area contributed by atoms with Gasteiger partial charge < -0.3 is 14.7 Å². The van der Waals surface area contributed by atoms with E-state index in [9.17, 15) is 13.2 Å². The Bertz CT molecular complexity index is 507. The maximum absolute atomic E-state index is 13.1. The largest absolute Gasteiger partial charge is 0.392 e. The summed E-state index contributed by atoms with van der Waals surface area (Å²) in [5.41, 5.74) is 0.737. The Morgan fingerprint density at radius 1 is 1.42 bits per heavy atom. The number of nitrogens with zero attached hydrogens (tertiary/aromatic N) is 3. The fourth-order valence-corrected chi connectivity index (χ4v) is 3.13. The van der Waals surface area contributed by atoms with E-state index in [1.54, 1.807) is 13.1 Å². The van der Waals surface area contributed by atoms with E-state index >= 15 is 0 Å². The van der Waals surface area contributed by atoms with Crippen molar-refractivity contribution in [2.45, 2.75) is 38.4 Å². The lowest BCUT2D eigenvalue weighted by Gasteiger charge is -2.34. The Balaban J connectivity index is 0.00000288. The minimum absolute atomic E-state index is 0. The summed E-state index contributed by atoms with van der Waals surface area (Å²) < 4.78 is 44.1. The lowest BCUT2D eigenvalue weighted by atomic mass is 9.79. The highest BCUT2D eigenvalue weighted by molar-refractivity contribution is 14.0. The second kappa shape index (κ2) is 9.47. The Labute approximate surface area is 157 Å². The number of hydrogen-bond acceptors (Lipinski definition) is 3. The van der Waals surface area contributed by atoms with Crippen molar-refractivity contribution in [1.82, 2.24) is 15.4 Å². The van der Waals surface area contributed by atoms with Gasteiger partial charge in [-0.1, -0.05) is 18.0 Å². The number of alkyl halides is 3. The van der Waals surface area contributed by atoms with Gasteiger partial charge in [-0.3, -0.25) is 4.99 Å². The molecule has 1 N–H and O–H groups in total. The lowest BCUT2D eigenvalue weighted by Crippen LogP contribution is -2.44. The first kappa shape index (κ1) is 21.0. The van der Waals surface area contributed by atoms with Crippen molar-refractivity contribution in [3.8, 4) is 0 Å². The fourth-order valence-electron chi connectivity index (χ4n) is 3.13. The molecule has 0 spiro atoms. The van der Waals surface area contributed by atoms with E-state index in [2.05, 4.69) is 15.5 Å². The van der Waals surface area contributed by atoms with E-state index in [1.807, 2.05) is 11.9 Å². The van der Waals surface area contributed by atoms with Gasteiger partial charge in [-0.15, -0.1) is 24.0 Å². The second-order valence-corrected chi connectivity index (χ2v) is 5.97. The summed E-state index contributed by atoms with van der Waals surface area (Å²) in [4.78, 5) is 5.94. The van der Waals surface area contributed by atoms with E-state index in [0.717, 1.165) is 12.1 Å². The van der Waals surface area contributed by atoms with Crippen LogP contribution in [-0.2, 0) is 6.54 Å². The highest BCUT2D eigenvalue weighted by Gasteiger charge is 2.45. The summed E-state index contributed by atoms with van der Waals surface area (Å²) in [6.45, 7) is 0.754. The molecule has 0 bridgehead atoms. The van der Waals surface area contributed by atoms with Gasteiger partial charge in [-0.05, 0) is 18.8 Å². The molecule has 1 aliphatic rings. The summed E-state index contributed by atoms with van der Waals surface area (Å²) in [7, 11) is 3.43. The van der Waals surface area contributed by atoms with Gasteiger partial charge in [0.2, 0.25) is 0 Å². The van der Waals surface area contributed by atoms with Crippen LogP contribution in [0.3, 0.4) is 0 Å². The molecular formula is C15H24F3IN4O. The zero-order valence-corrected chi connectivity index (χ0v) is 16.2. The van der Waals surface area contributed by atoms with Crippen LogP contribution in [0.1, 0.15) is 31.4 Å². The molecule has 1 heterocycles. The van der Waals surface area contributed by atoms with Gasteiger partial charge in [0.25, 0.3) is 0 Å². The van der Waals surface area contributed by atoms with Crippen molar-refractivity contribution >= 4 is 29.9 Å². The van der Waals surface area contributed by atoms with Crippen LogP contribution in [0, 0.1) is 11.8 Å². The van der Waals surface area contributed by atoms with Gasteiger partial charge in [-0.2, -0.15) is 13.2 Å². The summed E-state index contributed by atoms with van der Waals surface area (Å²) >= 11 is 0. The smallest absolute Gasteiger partial charge is 0.364 e. The number of rotatable bonds is 4. The molecule has 1 aromatic rings. The molecule has 1 fully saturated rings. The van der Waals surface area contributed by atoms with Gasteiger partial charge in [0.15, 0.2) is 5.96 Å². The minimum Gasteiger partial charge on any atom is -0.364 e. The van der Waals surface area contributed by atoms with Crippen LogP contribution in [0.25, 0.3) is 0 Å². The topological polar surface area (TPSA) is 53.7 Å². The summed E-state index contributed by atoms with van der Waals surface area (Å²) in [6.07, 6.45) is -0.309. The minimum atomic E-state index is -4.12. The van der Waals surface area contributed by atoms with Crippen LogP contribution in [-0.4, -0.2) is 42.8 Å². The maximum atomic E-state index is 13.1. The van der Waals surface area contributed by atoms with E-state index in [-0.39, 0.29) is 36.9 Å².